The molecule has 0 fully saturated rings. The quantitative estimate of drug-likeness (QED) is 0.130. The molecule has 0 aliphatic rings. The van der Waals surface area contributed by atoms with Crippen LogP contribution in [0.2, 0.25) is 0 Å². The third kappa shape index (κ3) is 13.7. The molecule has 2 N–H and O–H groups in total. The number of rotatable bonds is 10. The van der Waals surface area contributed by atoms with Gasteiger partial charge in [-0.05, 0) is 122 Å². The molecule has 0 bridgehead atoms. The molecular formula is C104H80N6O4Pt2-2. The van der Waals surface area contributed by atoms with Crippen LogP contribution in [0.25, 0.3) is 189 Å². The molecule has 14 aromatic carbocycles. The minimum Gasteiger partial charge on any atom is -0.507 e. The second-order valence-electron chi connectivity index (χ2n) is 32.7. The van der Waals surface area contributed by atoms with E-state index in [4.69, 9.17) is 28.8 Å². The first-order valence-electron chi connectivity index (χ1n) is 38.8. The van der Waals surface area contributed by atoms with Crippen molar-refractivity contribution in [3.05, 3.63) is 338 Å². The van der Waals surface area contributed by atoms with Gasteiger partial charge in [-0.3, -0.25) is 19.1 Å². The monoisotopic (exact) mass is 1870 g/mol. The number of phenolic OH excluding ortho intramolecular Hbond substituents is 2. The van der Waals surface area contributed by atoms with Crippen LogP contribution in [0.4, 0.5) is 0 Å². The molecule has 0 aliphatic carbocycles. The van der Waals surface area contributed by atoms with Crippen molar-refractivity contribution >= 4 is 87.5 Å². The predicted octanol–water partition coefficient (Wildman–Crippen LogP) is 27.2. The van der Waals surface area contributed by atoms with Crippen molar-refractivity contribution in [1.82, 2.24) is 29.1 Å². The predicted molar refractivity (Wildman–Crippen MR) is 468 cm³/mol. The fourth-order valence-electron chi connectivity index (χ4n) is 16.1. The molecule has 0 saturated carbocycles. The Morgan fingerprint density at radius 1 is 0.310 bits per heavy atom. The number of hydrogen-bond acceptors (Lipinski definition) is 8. The Morgan fingerprint density at radius 2 is 0.707 bits per heavy atom. The second-order valence-corrected chi connectivity index (χ2v) is 32.7. The van der Waals surface area contributed by atoms with Gasteiger partial charge in [0.1, 0.15) is 34.3 Å². The Labute approximate surface area is 702 Å². The van der Waals surface area contributed by atoms with Crippen LogP contribution in [0.15, 0.2) is 318 Å². The molecule has 0 aliphatic heterocycles. The third-order valence-corrected chi connectivity index (χ3v) is 22.2. The summed E-state index contributed by atoms with van der Waals surface area (Å²) in [6.07, 6.45) is 3.66. The van der Waals surface area contributed by atoms with Crippen molar-refractivity contribution in [2.45, 2.75) is 78.6 Å². The Kier molecular flexibility index (Phi) is 19.7. The number of aromatic hydroxyl groups is 2. The Hall–Kier alpha value is -12.6. The van der Waals surface area contributed by atoms with Crippen molar-refractivity contribution in [1.29, 1.82) is 0 Å². The first kappa shape index (κ1) is 76.1. The topological polar surface area (TPSA) is 128 Å². The molecule has 20 aromatic rings. The summed E-state index contributed by atoms with van der Waals surface area (Å²) >= 11 is 0. The third-order valence-electron chi connectivity index (χ3n) is 22.2. The van der Waals surface area contributed by atoms with Gasteiger partial charge in [0, 0.05) is 97.0 Å². The van der Waals surface area contributed by atoms with E-state index in [-0.39, 0.29) is 69.9 Å². The van der Waals surface area contributed by atoms with E-state index >= 15 is 0 Å². The average Bonchev–Trinajstić information content (AvgIpc) is 1.58. The molecule has 0 radical (unpaired) electrons. The molecule has 0 spiro atoms. The summed E-state index contributed by atoms with van der Waals surface area (Å²) in [6, 6.07) is 109. The molecule has 10 nitrogen and oxygen atoms in total. The van der Waals surface area contributed by atoms with Gasteiger partial charge in [-0.2, -0.15) is 0 Å². The zero-order chi connectivity index (χ0) is 77.9. The normalized spacial score (nSPS) is 11.9. The Bertz CT molecular complexity index is 7220. The summed E-state index contributed by atoms with van der Waals surface area (Å²) in [5, 5.41) is 31.2. The standard InChI is InChI=1S/C54H44N3O2.C50H36N3O2.2Pt/c1-53(2,3)37-24-26-46(43(30-37)33-15-8-7-9-16-33)57-47-21-14-20-39(50(47)56-52(57)42-19-12-13-22-48(42)58)35-27-36(29-38(28-35)54(4,5)6)45-31-44-41-25-23-34-17-10-11-18-40(34)51(41)59-49(44)32-55-45;1-50(2,3)35-24-26-43(40(28-35)31-13-5-4-6-14-31)53-44-21-12-20-36(47(44)52-49(53)39-19-9-10-22-45(39)54)33-16-11-17-34(27-33)42-29-41-38-25-23-32-15-7-8-18-37(32)48(38)55-46(41)30-51-42;;/h7-26,28-32,58H,1-6H3;4-26,28-30,54H,1-3H3;;/q2*-1;;. The van der Waals surface area contributed by atoms with E-state index in [1.54, 1.807) is 12.1 Å². The van der Waals surface area contributed by atoms with Crippen LogP contribution in [0, 0.1) is 12.1 Å². The summed E-state index contributed by atoms with van der Waals surface area (Å²) in [5.41, 5.74) is 24.8. The van der Waals surface area contributed by atoms with E-state index in [1.165, 1.54) is 11.1 Å². The molecule has 116 heavy (non-hydrogen) atoms. The van der Waals surface area contributed by atoms with Crippen molar-refractivity contribution in [3.63, 3.8) is 0 Å². The number of nitrogens with zero attached hydrogens (tertiary/aromatic N) is 6. The van der Waals surface area contributed by atoms with Gasteiger partial charge in [0.05, 0.1) is 57.0 Å². The van der Waals surface area contributed by atoms with Crippen LogP contribution < -0.4 is 0 Å². The van der Waals surface area contributed by atoms with E-state index in [1.807, 2.05) is 91.3 Å². The van der Waals surface area contributed by atoms with Gasteiger partial charge in [0.2, 0.25) is 0 Å². The van der Waals surface area contributed by atoms with E-state index in [0.717, 1.165) is 171 Å². The molecule has 0 atom stereocenters. The number of phenols is 2. The molecule has 20 rings (SSSR count). The maximum Gasteiger partial charge on any atom is 0.152 e. The maximum atomic E-state index is 11.4. The Balaban J connectivity index is 0.000000164. The van der Waals surface area contributed by atoms with E-state index in [0.29, 0.717) is 22.8 Å². The van der Waals surface area contributed by atoms with Crippen LogP contribution in [-0.2, 0) is 58.4 Å². The molecule has 6 heterocycles. The van der Waals surface area contributed by atoms with Crippen molar-refractivity contribution < 1.29 is 61.2 Å². The fraction of sp³-hybridized carbons (Fsp3) is 0.115. The van der Waals surface area contributed by atoms with Crippen LogP contribution >= 0.6 is 0 Å². The minimum absolute atomic E-state index is 0. The number of para-hydroxylation sites is 4. The summed E-state index contributed by atoms with van der Waals surface area (Å²) in [5.74, 6) is 1.65. The zero-order valence-electron chi connectivity index (χ0n) is 65.5. The van der Waals surface area contributed by atoms with Crippen molar-refractivity contribution in [3.8, 4) is 113 Å². The molecule has 6 aromatic heterocycles. The molecule has 572 valence electrons. The number of aromatic nitrogens is 6. The summed E-state index contributed by atoms with van der Waals surface area (Å²) < 4.78 is 17.2. The van der Waals surface area contributed by atoms with Gasteiger partial charge >= 0.3 is 0 Å². The largest absolute Gasteiger partial charge is 0.507 e. The molecule has 0 unspecified atom stereocenters. The molecule has 0 saturated heterocycles. The summed E-state index contributed by atoms with van der Waals surface area (Å²) in [7, 11) is 0. The van der Waals surface area contributed by atoms with Crippen molar-refractivity contribution in [2.75, 3.05) is 0 Å². The SMILES string of the molecule is CC(C)(C)c1cc(-c2cc3c(cn2)oc2c4ccccc4ccc32)[c-]c(-c2cccc3c2nc(-c2ccccc2O)n3-c2ccc(C(C)(C)C)cc2-c2ccccc2)c1.CC(C)(C)c1ccc(-n2c(-c3ccccc3O)nc3c(-c4[c-]c(-c5cc6c(cn5)oc5c7ccccc7ccc65)ccc4)cccc32)c(-c2ccccc2)c1.[Pt].[Pt]. The second kappa shape index (κ2) is 30.0. The van der Waals surface area contributed by atoms with Crippen LogP contribution in [0.5, 0.6) is 11.5 Å². The number of pyridine rings is 2. The summed E-state index contributed by atoms with van der Waals surface area (Å²) in [6.45, 7) is 20.1. The van der Waals surface area contributed by atoms with Gasteiger partial charge in [-0.15, -0.1) is 59.2 Å². The number of furan rings is 2. The molecule has 12 heteroatoms. The van der Waals surface area contributed by atoms with E-state index in [9.17, 15) is 10.2 Å². The van der Waals surface area contributed by atoms with Gasteiger partial charge in [0.25, 0.3) is 0 Å². The van der Waals surface area contributed by atoms with Crippen molar-refractivity contribution in [2.24, 2.45) is 0 Å². The van der Waals surface area contributed by atoms with Gasteiger partial charge in [-0.1, -0.05) is 279 Å². The first-order chi connectivity index (χ1) is 55.2. The first-order valence-corrected chi connectivity index (χ1v) is 38.8. The van der Waals surface area contributed by atoms with Gasteiger partial charge in [0.15, 0.2) is 11.2 Å². The number of hydrogen-bond donors (Lipinski definition) is 2. The molecular weight excluding hydrogens is 1790 g/mol. The number of fused-ring (bicyclic) bond motifs is 12. The smallest absolute Gasteiger partial charge is 0.152 e. The van der Waals surface area contributed by atoms with Gasteiger partial charge in [-0.25, -0.2) is 9.97 Å². The van der Waals surface area contributed by atoms with Crippen LogP contribution in [-0.4, -0.2) is 39.3 Å². The minimum atomic E-state index is -0.169. The maximum absolute atomic E-state index is 11.4. The Morgan fingerprint density at radius 3 is 1.18 bits per heavy atom. The summed E-state index contributed by atoms with van der Waals surface area (Å²) in [4.78, 5) is 20.6. The van der Waals surface area contributed by atoms with Crippen LogP contribution in [0.1, 0.15) is 79.0 Å². The average molecular weight is 1870 g/mol. The number of imidazole rings is 2. The van der Waals surface area contributed by atoms with E-state index in [2.05, 4.69) is 290 Å². The van der Waals surface area contributed by atoms with E-state index < -0.39 is 0 Å². The zero-order valence-corrected chi connectivity index (χ0v) is 70.0. The number of benzene rings is 14. The van der Waals surface area contributed by atoms with Crippen LogP contribution in [0.3, 0.4) is 0 Å². The van der Waals surface area contributed by atoms with Gasteiger partial charge < -0.3 is 19.0 Å². The molecule has 0 amide bonds. The fourth-order valence-corrected chi connectivity index (χ4v) is 16.1.